The number of halogens is 1. The van der Waals surface area contributed by atoms with Crippen LogP contribution in [0.25, 0.3) is 0 Å². The third-order valence-corrected chi connectivity index (χ3v) is 4.78. The van der Waals surface area contributed by atoms with Gasteiger partial charge in [0.2, 0.25) is 5.91 Å². The van der Waals surface area contributed by atoms with E-state index in [2.05, 4.69) is 34.4 Å². The lowest BCUT2D eigenvalue weighted by atomic mass is 9.95. The van der Waals surface area contributed by atoms with Gasteiger partial charge in [0.25, 0.3) is 5.91 Å². The van der Waals surface area contributed by atoms with Crippen molar-refractivity contribution in [1.82, 2.24) is 15.6 Å². The van der Waals surface area contributed by atoms with Crippen LogP contribution in [0.3, 0.4) is 0 Å². The van der Waals surface area contributed by atoms with E-state index in [1.54, 1.807) is 6.07 Å². The van der Waals surface area contributed by atoms with Gasteiger partial charge in [0, 0.05) is 37.7 Å². The van der Waals surface area contributed by atoms with Crippen LogP contribution in [0.15, 0.2) is 6.07 Å². The number of hydrogen-bond donors (Lipinski definition) is 2. The molecule has 0 atom stereocenters. The minimum Gasteiger partial charge on any atom is -0.356 e. The summed E-state index contributed by atoms with van der Waals surface area (Å²) >= 11 is 6.08. The standard InChI is InChI=1S/C17H23ClN4O2/c1-10(2)8-19-16(23)11-3-5-22(6-4-11)15-13-9-20-17(24)12(13)7-14(18)21-15/h7,10-11H,3-6,8-9H2,1-2H3,(H,19,23)(H,20,24). The first-order chi connectivity index (χ1) is 11.5. The smallest absolute Gasteiger partial charge is 0.252 e. The Hall–Kier alpha value is -1.82. The number of nitrogens with one attached hydrogen (secondary N) is 2. The molecule has 1 aromatic heterocycles. The van der Waals surface area contributed by atoms with Gasteiger partial charge in [0.1, 0.15) is 11.0 Å². The first-order valence-electron chi connectivity index (χ1n) is 8.46. The van der Waals surface area contributed by atoms with Crippen molar-refractivity contribution in [2.24, 2.45) is 11.8 Å². The second-order valence-corrected chi connectivity index (χ2v) is 7.26. The maximum absolute atomic E-state index is 12.2. The number of pyridine rings is 1. The van der Waals surface area contributed by atoms with E-state index in [1.807, 2.05) is 0 Å². The SMILES string of the molecule is CC(C)CNC(=O)C1CCN(c2nc(Cl)cc3c2CNC3=O)CC1. The topological polar surface area (TPSA) is 74.3 Å². The van der Waals surface area contributed by atoms with Crippen LogP contribution in [0, 0.1) is 11.8 Å². The Balaban J connectivity index is 1.67. The number of carbonyl (C=O) groups excluding carboxylic acids is 2. The number of piperidine rings is 1. The fourth-order valence-corrected chi connectivity index (χ4v) is 3.42. The quantitative estimate of drug-likeness (QED) is 0.814. The number of fused-ring (bicyclic) bond motifs is 1. The first kappa shape index (κ1) is 17.0. The first-order valence-corrected chi connectivity index (χ1v) is 8.83. The molecule has 0 aliphatic carbocycles. The fraction of sp³-hybridized carbons (Fsp3) is 0.588. The lowest BCUT2D eigenvalue weighted by Crippen LogP contribution is -2.42. The summed E-state index contributed by atoms with van der Waals surface area (Å²) in [7, 11) is 0. The van der Waals surface area contributed by atoms with E-state index in [0.29, 0.717) is 23.2 Å². The summed E-state index contributed by atoms with van der Waals surface area (Å²) < 4.78 is 0. The van der Waals surface area contributed by atoms with Crippen LogP contribution >= 0.6 is 11.6 Å². The average Bonchev–Trinajstić information content (AvgIpc) is 2.93. The minimum absolute atomic E-state index is 0.0481. The molecule has 0 unspecified atom stereocenters. The molecule has 1 fully saturated rings. The molecule has 130 valence electrons. The van der Waals surface area contributed by atoms with Gasteiger partial charge in [-0.25, -0.2) is 4.98 Å². The summed E-state index contributed by atoms with van der Waals surface area (Å²) in [6.07, 6.45) is 1.57. The summed E-state index contributed by atoms with van der Waals surface area (Å²) in [4.78, 5) is 30.6. The number of anilines is 1. The molecule has 3 rings (SSSR count). The van der Waals surface area contributed by atoms with E-state index in [1.165, 1.54) is 0 Å². The normalized spacial score (nSPS) is 17.8. The summed E-state index contributed by atoms with van der Waals surface area (Å²) in [5.74, 6) is 1.32. The number of nitrogens with zero attached hydrogens (tertiary/aromatic N) is 2. The molecule has 1 aromatic rings. The highest BCUT2D eigenvalue weighted by molar-refractivity contribution is 6.30. The van der Waals surface area contributed by atoms with E-state index >= 15 is 0 Å². The van der Waals surface area contributed by atoms with Gasteiger partial charge in [-0.2, -0.15) is 0 Å². The summed E-state index contributed by atoms with van der Waals surface area (Å²) in [5.41, 5.74) is 1.52. The molecule has 2 amide bonds. The number of rotatable bonds is 4. The van der Waals surface area contributed by atoms with Crippen molar-refractivity contribution in [1.29, 1.82) is 0 Å². The second-order valence-electron chi connectivity index (χ2n) is 6.88. The van der Waals surface area contributed by atoms with Crippen LogP contribution in [-0.4, -0.2) is 36.4 Å². The zero-order chi connectivity index (χ0) is 17.3. The fourth-order valence-electron chi connectivity index (χ4n) is 3.23. The van der Waals surface area contributed by atoms with E-state index in [4.69, 9.17) is 11.6 Å². The maximum Gasteiger partial charge on any atom is 0.252 e. The molecule has 1 saturated heterocycles. The molecule has 6 nitrogen and oxygen atoms in total. The van der Waals surface area contributed by atoms with Gasteiger partial charge >= 0.3 is 0 Å². The van der Waals surface area contributed by atoms with E-state index in [-0.39, 0.29) is 17.7 Å². The van der Waals surface area contributed by atoms with Crippen molar-refractivity contribution in [3.05, 3.63) is 22.3 Å². The summed E-state index contributed by atoms with van der Waals surface area (Å²) in [6, 6.07) is 1.62. The lowest BCUT2D eigenvalue weighted by Gasteiger charge is -2.33. The molecule has 2 aliphatic rings. The van der Waals surface area contributed by atoms with Gasteiger partial charge in [0.05, 0.1) is 5.56 Å². The molecule has 0 bridgehead atoms. The Morgan fingerprint density at radius 1 is 1.46 bits per heavy atom. The van der Waals surface area contributed by atoms with Crippen LogP contribution in [0.5, 0.6) is 0 Å². The molecule has 3 heterocycles. The maximum atomic E-state index is 12.2. The van der Waals surface area contributed by atoms with Gasteiger partial charge in [-0.05, 0) is 24.8 Å². The molecular formula is C17H23ClN4O2. The van der Waals surface area contributed by atoms with Gasteiger partial charge in [-0.1, -0.05) is 25.4 Å². The van der Waals surface area contributed by atoms with E-state index in [0.717, 1.165) is 43.9 Å². The van der Waals surface area contributed by atoms with Crippen molar-refractivity contribution >= 4 is 29.2 Å². The van der Waals surface area contributed by atoms with Crippen molar-refractivity contribution in [2.45, 2.75) is 33.2 Å². The Labute approximate surface area is 147 Å². The Morgan fingerprint density at radius 2 is 2.17 bits per heavy atom. The molecule has 0 radical (unpaired) electrons. The van der Waals surface area contributed by atoms with Crippen LogP contribution < -0.4 is 15.5 Å². The van der Waals surface area contributed by atoms with Crippen LogP contribution in [-0.2, 0) is 11.3 Å². The van der Waals surface area contributed by atoms with Crippen molar-refractivity contribution in [3.8, 4) is 0 Å². The Kier molecular flexibility index (Phi) is 4.94. The van der Waals surface area contributed by atoms with Crippen molar-refractivity contribution in [3.63, 3.8) is 0 Å². The highest BCUT2D eigenvalue weighted by Crippen LogP contribution is 2.31. The predicted molar refractivity (Wildman–Crippen MR) is 93.2 cm³/mol. The highest BCUT2D eigenvalue weighted by atomic mass is 35.5. The molecule has 2 N–H and O–H groups in total. The van der Waals surface area contributed by atoms with E-state index < -0.39 is 0 Å². The van der Waals surface area contributed by atoms with Gasteiger partial charge in [-0.3, -0.25) is 9.59 Å². The molecule has 0 spiro atoms. The van der Waals surface area contributed by atoms with Gasteiger partial charge in [0.15, 0.2) is 0 Å². The van der Waals surface area contributed by atoms with Crippen molar-refractivity contribution in [2.75, 3.05) is 24.5 Å². The second kappa shape index (κ2) is 6.97. The summed E-state index contributed by atoms with van der Waals surface area (Å²) in [5, 5.41) is 6.16. The molecule has 0 aromatic carbocycles. The summed E-state index contributed by atoms with van der Waals surface area (Å²) in [6.45, 7) is 6.87. The number of aromatic nitrogens is 1. The van der Waals surface area contributed by atoms with Crippen molar-refractivity contribution < 1.29 is 9.59 Å². The van der Waals surface area contributed by atoms with Crippen LogP contribution in [0.1, 0.15) is 42.6 Å². The molecule has 24 heavy (non-hydrogen) atoms. The average molecular weight is 351 g/mol. The Bertz CT molecular complexity index is 654. The third-order valence-electron chi connectivity index (χ3n) is 4.59. The van der Waals surface area contributed by atoms with Gasteiger partial charge in [-0.15, -0.1) is 0 Å². The third kappa shape index (κ3) is 3.48. The molecular weight excluding hydrogens is 328 g/mol. The monoisotopic (exact) mass is 350 g/mol. The zero-order valence-electron chi connectivity index (χ0n) is 14.1. The highest BCUT2D eigenvalue weighted by Gasteiger charge is 2.30. The molecule has 7 heteroatoms. The van der Waals surface area contributed by atoms with Crippen LogP contribution in [0.2, 0.25) is 5.15 Å². The zero-order valence-corrected chi connectivity index (χ0v) is 14.8. The number of hydrogen-bond acceptors (Lipinski definition) is 4. The number of amides is 2. The number of carbonyl (C=O) groups is 2. The van der Waals surface area contributed by atoms with E-state index in [9.17, 15) is 9.59 Å². The Morgan fingerprint density at radius 3 is 2.83 bits per heavy atom. The lowest BCUT2D eigenvalue weighted by molar-refractivity contribution is -0.125. The minimum atomic E-state index is -0.0986. The predicted octanol–water partition coefficient (Wildman–Crippen LogP) is 1.97. The van der Waals surface area contributed by atoms with Gasteiger partial charge < -0.3 is 15.5 Å². The molecule has 0 saturated carbocycles. The van der Waals surface area contributed by atoms with Crippen LogP contribution in [0.4, 0.5) is 5.82 Å². The largest absolute Gasteiger partial charge is 0.356 e. The molecule has 2 aliphatic heterocycles.